The molecular formula is C69H58BN5OPt-2. The summed E-state index contributed by atoms with van der Waals surface area (Å²) in [5.41, 5.74) is 6.12. The van der Waals surface area contributed by atoms with E-state index >= 15 is 0 Å². The molecule has 12 rings (SSSR count). The first-order valence-corrected chi connectivity index (χ1v) is 26.5. The van der Waals surface area contributed by atoms with E-state index in [1.807, 2.05) is 163 Å². The Kier molecular flexibility index (Phi) is 9.92. The predicted octanol–water partition coefficient (Wildman–Crippen LogP) is 16.9. The molecule has 0 saturated heterocycles. The fraction of sp³-hybridized carbons (Fsp3) is 0.130. The average Bonchev–Trinajstić information content (AvgIpc) is 1.73. The Balaban J connectivity index is 1.12. The van der Waals surface area contributed by atoms with E-state index in [0.29, 0.717) is 54.4 Å². The molecule has 2 aromatic heterocycles. The molecule has 0 fully saturated rings. The molecule has 11 aromatic rings. The van der Waals surface area contributed by atoms with Gasteiger partial charge in [-0.2, -0.15) is 12.1 Å². The molecule has 8 heteroatoms. The zero-order valence-corrected chi connectivity index (χ0v) is 45.5. The number of anilines is 4. The van der Waals surface area contributed by atoms with Crippen LogP contribution < -0.4 is 19.8 Å². The second-order valence-corrected chi connectivity index (χ2v) is 21.8. The van der Waals surface area contributed by atoms with Crippen molar-refractivity contribution in [2.45, 2.75) is 53.3 Å². The number of fused-ring (bicyclic) bond motifs is 2. The van der Waals surface area contributed by atoms with Crippen LogP contribution in [-0.2, 0) is 31.1 Å². The molecule has 0 saturated carbocycles. The van der Waals surface area contributed by atoms with Crippen LogP contribution in [0.2, 0.25) is 0 Å². The van der Waals surface area contributed by atoms with Crippen LogP contribution in [0.3, 0.4) is 0 Å². The van der Waals surface area contributed by atoms with Crippen molar-refractivity contribution in [1.82, 2.24) is 14.1 Å². The van der Waals surface area contributed by atoms with E-state index in [1.165, 1.54) is 0 Å². The van der Waals surface area contributed by atoms with Gasteiger partial charge in [-0.05, 0) is 12.1 Å². The van der Waals surface area contributed by atoms with Gasteiger partial charge in [-0.3, -0.25) is 0 Å². The monoisotopic (exact) mass is 1190 g/mol. The van der Waals surface area contributed by atoms with Crippen LogP contribution in [0.25, 0.3) is 55.8 Å². The summed E-state index contributed by atoms with van der Waals surface area (Å²) in [5.74, 6) is 0.513. The van der Waals surface area contributed by atoms with Gasteiger partial charge in [0.2, 0.25) is 0 Å². The molecule has 0 radical (unpaired) electrons. The Morgan fingerprint density at radius 3 is 1.90 bits per heavy atom. The number of aromatic nitrogens is 3. The Morgan fingerprint density at radius 1 is 0.623 bits per heavy atom. The van der Waals surface area contributed by atoms with E-state index in [2.05, 4.69) is 53.2 Å². The van der Waals surface area contributed by atoms with Crippen LogP contribution in [0.5, 0.6) is 11.6 Å². The number of pyridine rings is 1. The molecule has 380 valence electrons. The molecule has 77 heavy (non-hydrogen) atoms. The molecule has 1 aliphatic heterocycles. The van der Waals surface area contributed by atoms with E-state index in [1.54, 1.807) is 45.0 Å². The van der Waals surface area contributed by atoms with Crippen LogP contribution in [0, 0.1) is 21.4 Å². The third-order valence-corrected chi connectivity index (χ3v) is 14.3. The third kappa shape index (κ3) is 9.59. The van der Waals surface area contributed by atoms with Gasteiger partial charge in [0.15, 0.2) is 0 Å². The first kappa shape index (κ1) is 37.5. The quantitative estimate of drug-likeness (QED) is 0.0956. The minimum atomic E-state index is -1.99. The summed E-state index contributed by atoms with van der Waals surface area (Å²) in [7, 11) is 0. The first-order chi connectivity index (χ1) is 42.3. The fourth-order valence-electron chi connectivity index (χ4n) is 10.2. The Labute approximate surface area is 480 Å². The summed E-state index contributed by atoms with van der Waals surface area (Å²) in [6, 6.07) is 55.7. The van der Waals surface area contributed by atoms with E-state index in [4.69, 9.17) is 17.9 Å². The Hall–Kier alpha value is -8.25. The molecule has 0 amide bonds. The number of nitrogens with zero attached hydrogens (tertiary/aromatic N) is 5. The number of hydrogen-bond donors (Lipinski definition) is 0. The van der Waals surface area contributed by atoms with Crippen LogP contribution in [-0.4, -0.2) is 21.1 Å². The summed E-state index contributed by atoms with van der Waals surface area (Å²) in [4.78, 5) is 9.74. The van der Waals surface area contributed by atoms with Crippen LogP contribution in [0.1, 0.15) is 69.1 Å². The molecule has 6 nitrogen and oxygen atoms in total. The summed E-state index contributed by atoms with van der Waals surface area (Å²) < 4.78 is 122. The standard InChI is InChI=1S/C69H58BN5O.Pt/c1-68(2,3)47-49-43-57(50-27-12-7-13-28-50)66(58(44-49)51-29-14-8-15-30-51)73-48-72(60-39-22-23-40-61(60)73)55-37-26-38-56(45-55)76-67-65(52-31-16-9-17-32-52)59(69(4,5)6)46-64(71-67)75-63-42-25-24-41-62(63)74(54-35-20-11-21-36-54)70(75)53-33-18-10-19-34-53;/h7-41,43-44,46H,47H2,1-6H3;/q-2;/i7D,9D,12D,13D,16D,17D,27D,28D,31D,32D,47D2;. The molecule has 0 bridgehead atoms. The Morgan fingerprint density at radius 2 is 1.23 bits per heavy atom. The molecular weight excluding hydrogens is 1120 g/mol. The average molecular weight is 1190 g/mol. The number of benzene rings is 9. The maximum absolute atomic E-state index is 9.64. The van der Waals surface area contributed by atoms with Crippen molar-refractivity contribution >= 4 is 46.4 Å². The zero-order chi connectivity index (χ0) is 63.3. The summed E-state index contributed by atoms with van der Waals surface area (Å²) in [6.45, 7) is 10.8. The molecule has 0 spiro atoms. The molecule has 3 heterocycles. The van der Waals surface area contributed by atoms with E-state index < -0.39 is 84.6 Å². The van der Waals surface area contributed by atoms with Crippen molar-refractivity contribution in [3.05, 3.63) is 257 Å². The SMILES string of the molecule is [2H]c1c([2H])c([2H])c(-c2cc(C([2H])([2H])C(C)(C)C)cc(-c3ccccc3)c2-n2[c](=[Pt])n(-c3[c-]c(Oc4nc(N5B(c6ccccc6)N(c6ccccc6)c6ccc[c-]c65)cc(C(C)(C)C)c4-c4c([2H])c([2H])c([2H])c([2H])c4[2H])ccc3)c3ccccc32)c([2H])c1[2H]. The van der Waals surface area contributed by atoms with Crippen molar-refractivity contribution in [3.63, 3.8) is 0 Å². The number of ether oxygens (including phenoxy) is 1. The van der Waals surface area contributed by atoms with Gasteiger partial charge in [0.25, 0.3) is 0 Å². The van der Waals surface area contributed by atoms with Gasteiger partial charge in [-0.15, -0.1) is 6.07 Å². The van der Waals surface area contributed by atoms with Crippen LogP contribution in [0.4, 0.5) is 22.9 Å². The van der Waals surface area contributed by atoms with Crippen molar-refractivity contribution in [2.24, 2.45) is 5.41 Å². The van der Waals surface area contributed by atoms with Crippen LogP contribution >= 0.6 is 0 Å². The van der Waals surface area contributed by atoms with Gasteiger partial charge >= 0.3 is 397 Å². The first-order valence-electron chi connectivity index (χ1n) is 31.3. The summed E-state index contributed by atoms with van der Waals surface area (Å²) >= 11 is 2.21. The predicted molar refractivity (Wildman–Crippen MR) is 315 cm³/mol. The number of imidazole rings is 1. The van der Waals surface area contributed by atoms with Crippen molar-refractivity contribution in [2.75, 3.05) is 9.62 Å². The van der Waals surface area contributed by atoms with E-state index in [-0.39, 0.29) is 39.4 Å². The van der Waals surface area contributed by atoms with Gasteiger partial charge in [-0.25, -0.2) is 0 Å². The van der Waals surface area contributed by atoms with Crippen LogP contribution in [0.15, 0.2) is 230 Å². The summed E-state index contributed by atoms with van der Waals surface area (Å²) in [6.07, 6.45) is -1.99. The normalized spacial score (nSPS) is 15.0. The second kappa shape index (κ2) is 20.4. The molecule has 0 atom stereocenters. The molecule has 9 aromatic carbocycles. The molecule has 0 unspecified atom stereocenters. The van der Waals surface area contributed by atoms with Crippen molar-refractivity contribution < 1.29 is 40.5 Å². The Bertz CT molecular complexity index is 4650. The van der Waals surface area contributed by atoms with Gasteiger partial charge in [0.1, 0.15) is 0 Å². The van der Waals surface area contributed by atoms with E-state index in [9.17, 15) is 8.22 Å². The van der Waals surface area contributed by atoms with Crippen molar-refractivity contribution in [1.29, 1.82) is 0 Å². The van der Waals surface area contributed by atoms with Gasteiger partial charge in [-0.1, -0.05) is 48.5 Å². The maximum atomic E-state index is 9.64. The number of para-hydroxylation sites is 4. The van der Waals surface area contributed by atoms with Gasteiger partial charge in [0.05, 0.1) is 1.37 Å². The number of hydrogen-bond acceptors (Lipinski definition) is 4. The fourth-order valence-corrected chi connectivity index (χ4v) is 11.3. The van der Waals surface area contributed by atoms with Crippen molar-refractivity contribution in [3.8, 4) is 56.4 Å². The topological polar surface area (TPSA) is 38.5 Å². The summed E-state index contributed by atoms with van der Waals surface area (Å²) in [5, 5.41) is 0. The molecule has 0 aliphatic carbocycles. The van der Waals surface area contributed by atoms with E-state index in [0.717, 1.165) is 16.8 Å². The zero-order valence-electron chi connectivity index (χ0n) is 55.2. The molecule has 0 N–H and O–H groups in total. The van der Waals surface area contributed by atoms with Gasteiger partial charge in [0, 0.05) is 5.69 Å². The third-order valence-electron chi connectivity index (χ3n) is 13.3. The second-order valence-electron chi connectivity index (χ2n) is 20.8. The molecule has 1 aliphatic rings. The van der Waals surface area contributed by atoms with Gasteiger partial charge < -0.3 is 0 Å². The minimum absolute atomic E-state index is 0.0601. The number of rotatable bonds is 11.